The van der Waals surface area contributed by atoms with Crippen molar-refractivity contribution in [2.75, 3.05) is 25.0 Å². The number of fused-ring (bicyclic) bond motifs is 1. The SMILES string of the molecule is CCOCc1nc2c(c(NCc3noc(C4CCC4)n3)n1)CCNCC2. The van der Waals surface area contributed by atoms with Crippen molar-refractivity contribution < 1.29 is 9.26 Å². The van der Waals surface area contributed by atoms with E-state index >= 15 is 0 Å². The summed E-state index contributed by atoms with van der Waals surface area (Å²) in [6.45, 7) is 5.43. The van der Waals surface area contributed by atoms with Gasteiger partial charge < -0.3 is 19.9 Å². The molecule has 8 nitrogen and oxygen atoms in total. The van der Waals surface area contributed by atoms with E-state index in [0.29, 0.717) is 31.5 Å². The summed E-state index contributed by atoms with van der Waals surface area (Å²) >= 11 is 0. The maximum atomic E-state index is 5.50. The van der Waals surface area contributed by atoms with E-state index in [4.69, 9.17) is 14.2 Å². The molecule has 1 fully saturated rings. The van der Waals surface area contributed by atoms with Crippen molar-refractivity contribution in [1.29, 1.82) is 0 Å². The molecule has 8 heteroatoms. The van der Waals surface area contributed by atoms with Crippen LogP contribution in [0.15, 0.2) is 4.52 Å². The first-order chi connectivity index (χ1) is 12.8. The van der Waals surface area contributed by atoms with Crippen LogP contribution in [0, 0.1) is 0 Å². The van der Waals surface area contributed by atoms with Gasteiger partial charge in [-0.05, 0) is 32.7 Å². The van der Waals surface area contributed by atoms with E-state index in [-0.39, 0.29) is 0 Å². The number of nitrogens with one attached hydrogen (secondary N) is 2. The van der Waals surface area contributed by atoms with E-state index in [9.17, 15) is 0 Å². The van der Waals surface area contributed by atoms with Gasteiger partial charge in [-0.1, -0.05) is 11.6 Å². The van der Waals surface area contributed by atoms with Crippen LogP contribution in [0.1, 0.15) is 60.9 Å². The van der Waals surface area contributed by atoms with Gasteiger partial charge in [0.1, 0.15) is 12.4 Å². The molecule has 0 radical (unpaired) electrons. The first kappa shape index (κ1) is 17.4. The van der Waals surface area contributed by atoms with Gasteiger partial charge in [0.15, 0.2) is 11.6 Å². The first-order valence-corrected chi connectivity index (χ1v) is 9.57. The maximum absolute atomic E-state index is 5.50. The molecule has 0 amide bonds. The molecular formula is C18H26N6O2. The van der Waals surface area contributed by atoms with Crippen molar-refractivity contribution in [2.24, 2.45) is 0 Å². The van der Waals surface area contributed by atoms with Crippen molar-refractivity contribution in [2.45, 2.75) is 58.1 Å². The zero-order chi connectivity index (χ0) is 17.8. The number of hydrogen-bond acceptors (Lipinski definition) is 8. The third-order valence-corrected chi connectivity index (χ3v) is 5.02. The molecule has 0 bridgehead atoms. The highest BCUT2D eigenvalue weighted by atomic mass is 16.5. The second-order valence-electron chi connectivity index (χ2n) is 6.83. The summed E-state index contributed by atoms with van der Waals surface area (Å²) in [4.78, 5) is 13.9. The lowest BCUT2D eigenvalue weighted by atomic mass is 9.85. The van der Waals surface area contributed by atoms with Crippen LogP contribution < -0.4 is 10.6 Å². The number of ether oxygens (including phenoxy) is 1. The van der Waals surface area contributed by atoms with Crippen LogP contribution in [0.25, 0.3) is 0 Å². The van der Waals surface area contributed by atoms with Crippen molar-refractivity contribution in [1.82, 2.24) is 25.4 Å². The lowest BCUT2D eigenvalue weighted by molar-refractivity contribution is 0.128. The molecule has 2 aromatic rings. The summed E-state index contributed by atoms with van der Waals surface area (Å²) in [5, 5.41) is 10.9. The molecule has 0 spiro atoms. The van der Waals surface area contributed by atoms with Gasteiger partial charge in [0.25, 0.3) is 0 Å². The molecule has 1 saturated carbocycles. The Bertz CT molecular complexity index is 743. The van der Waals surface area contributed by atoms with Crippen LogP contribution in [0.5, 0.6) is 0 Å². The van der Waals surface area contributed by atoms with Crippen LogP contribution in [-0.4, -0.2) is 39.8 Å². The zero-order valence-corrected chi connectivity index (χ0v) is 15.3. The van der Waals surface area contributed by atoms with E-state index in [1.807, 2.05) is 6.92 Å². The summed E-state index contributed by atoms with van der Waals surface area (Å²) in [5.74, 6) is 3.49. The highest BCUT2D eigenvalue weighted by molar-refractivity contribution is 5.47. The summed E-state index contributed by atoms with van der Waals surface area (Å²) in [5.41, 5.74) is 2.28. The number of aromatic nitrogens is 4. The molecule has 2 aliphatic rings. The summed E-state index contributed by atoms with van der Waals surface area (Å²) < 4.78 is 10.9. The third-order valence-electron chi connectivity index (χ3n) is 5.02. The molecule has 2 N–H and O–H groups in total. The minimum Gasteiger partial charge on any atom is -0.374 e. The van der Waals surface area contributed by atoms with E-state index in [1.54, 1.807) is 0 Å². The standard InChI is InChI=1S/C18H26N6O2/c1-2-25-11-16-21-14-7-9-19-8-6-13(14)17(22-16)20-10-15-23-18(26-24-15)12-4-3-5-12/h12,19H,2-11H2,1H3,(H,20,21,22). The molecule has 3 heterocycles. The molecule has 4 rings (SSSR count). The van der Waals surface area contributed by atoms with Crippen molar-refractivity contribution in [3.8, 4) is 0 Å². The average Bonchev–Trinajstić information content (AvgIpc) is 2.92. The molecule has 0 saturated heterocycles. The fourth-order valence-corrected chi connectivity index (χ4v) is 3.32. The van der Waals surface area contributed by atoms with Crippen molar-refractivity contribution in [3.05, 3.63) is 28.8 Å². The molecule has 26 heavy (non-hydrogen) atoms. The number of nitrogens with zero attached hydrogens (tertiary/aromatic N) is 4. The van der Waals surface area contributed by atoms with E-state index in [1.165, 1.54) is 12.0 Å². The fraction of sp³-hybridized carbons (Fsp3) is 0.667. The minimum absolute atomic E-state index is 0.430. The first-order valence-electron chi connectivity index (χ1n) is 9.57. The van der Waals surface area contributed by atoms with E-state index in [2.05, 4.69) is 25.8 Å². The number of rotatable bonds is 7. The second kappa shape index (κ2) is 8.09. The average molecular weight is 358 g/mol. The summed E-state index contributed by atoms with van der Waals surface area (Å²) in [6.07, 6.45) is 5.38. The highest BCUT2D eigenvalue weighted by Gasteiger charge is 2.25. The zero-order valence-electron chi connectivity index (χ0n) is 15.3. The normalized spacial score (nSPS) is 17.4. The second-order valence-corrected chi connectivity index (χ2v) is 6.83. The van der Waals surface area contributed by atoms with Crippen molar-refractivity contribution in [3.63, 3.8) is 0 Å². The van der Waals surface area contributed by atoms with Crippen molar-refractivity contribution >= 4 is 5.82 Å². The minimum atomic E-state index is 0.430. The van der Waals surface area contributed by atoms with Crippen LogP contribution in [0.2, 0.25) is 0 Å². The Labute approximate surface area is 153 Å². The largest absolute Gasteiger partial charge is 0.374 e. The topological polar surface area (TPSA) is 98.0 Å². The fourth-order valence-electron chi connectivity index (χ4n) is 3.32. The van der Waals surface area contributed by atoms with Crippen LogP contribution in [0.4, 0.5) is 5.82 Å². The molecular weight excluding hydrogens is 332 g/mol. The van der Waals surface area contributed by atoms with Gasteiger partial charge in [-0.3, -0.25) is 0 Å². The lowest BCUT2D eigenvalue weighted by Gasteiger charge is -2.20. The maximum Gasteiger partial charge on any atom is 0.229 e. The van der Waals surface area contributed by atoms with Gasteiger partial charge in [0, 0.05) is 31.1 Å². The van der Waals surface area contributed by atoms with Crippen LogP contribution >= 0.6 is 0 Å². The Balaban J connectivity index is 1.50. The Hall–Kier alpha value is -2.06. The lowest BCUT2D eigenvalue weighted by Crippen LogP contribution is -2.16. The Kier molecular flexibility index (Phi) is 5.40. The monoisotopic (exact) mass is 358 g/mol. The Morgan fingerprint density at radius 2 is 2.04 bits per heavy atom. The van der Waals surface area contributed by atoms with E-state index < -0.39 is 0 Å². The van der Waals surface area contributed by atoms with E-state index in [0.717, 1.165) is 62.0 Å². The van der Waals surface area contributed by atoms with Crippen LogP contribution in [0.3, 0.4) is 0 Å². The van der Waals surface area contributed by atoms with Gasteiger partial charge in [-0.2, -0.15) is 4.98 Å². The smallest absolute Gasteiger partial charge is 0.229 e. The molecule has 1 aliphatic heterocycles. The van der Waals surface area contributed by atoms with Gasteiger partial charge in [0.2, 0.25) is 5.89 Å². The number of hydrogen-bond donors (Lipinski definition) is 2. The molecule has 140 valence electrons. The Morgan fingerprint density at radius 1 is 1.15 bits per heavy atom. The van der Waals surface area contributed by atoms with Gasteiger partial charge >= 0.3 is 0 Å². The Morgan fingerprint density at radius 3 is 2.85 bits per heavy atom. The van der Waals surface area contributed by atoms with Gasteiger partial charge in [-0.25, -0.2) is 9.97 Å². The molecule has 0 aromatic carbocycles. The predicted octanol–water partition coefficient (Wildman–Crippen LogP) is 1.96. The molecule has 0 unspecified atom stereocenters. The molecule has 0 atom stereocenters. The van der Waals surface area contributed by atoms with Gasteiger partial charge in [-0.15, -0.1) is 0 Å². The number of anilines is 1. The predicted molar refractivity (Wildman–Crippen MR) is 95.9 cm³/mol. The quantitative estimate of drug-likeness (QED) is 0.775. The molecule has 2 aromatic heterocycles. The summed E-state index contributed by atoms with van der Waals surface area (Å²) in [7, 11) is 0. The highest BCUT2D eigenvalue weighted by Crippen LogP contribution is 2.35. The summed E-state index contributed by atoms with van der Waals surface area (Å²) in [6, 6.07) is 0. The molecule has 1 aliphatic carbocycles. The van der Waals surface area contributed by atoms with Crippen LogP contribution in [-0.2, 0) is 30.7 Å². The third kappa shape index (κ3) is 3.86. The van der Waals surface area contributed by atoms with Gasteiger partial charge in [0.05, 0.1) is 12.2 Å².